The average molecular weight is 260 g/mol. The van der Waals surface area contributed by atoms with Gasteiger partial charge in [-0.3, -0.25) is 0 Å². The summed E-state index contributed by atoms with van der Waals surface area (Å²) in [5, 5.41) is 0. The molecule has 3 aliphatic rings. The van der Waals surface area contributed by atoms with Crippen LogP contribution >= 0.6 is 0 Å². The molecule has 1 saturated carbocycles. The Morgan fingerprint density at radius 2 is 1.42 bits per heavy atom. The quantitative estimate of drug-likeness (QED) is 0.765. The molecule has 2 fully saturated rings. The zero-order chi connectivity index (χ0) is 13.4. The maximum Gasteiger partial charge on any atom is 0.123 e. The Hall–Kier alpha value is -1.22. The van der Waals surface area contributed by atoms with Gasteiger partial charge in [0.2, 0.25) is 0 Å². The van der Waals surface area contributed by atoms with Gasteiger partial charge in [0.05, 0.1) is 19.8 Å². The van der Waals surface area contributed by atoms with Crippen molar-refractivity contribution in [2.75, 3.05) is 14.2 Å². The number of hydrogen-bond acceptors (Lipinski definition) is 3. The highest BCUT2D eigenvalue weighted by Gasteiger charge is 2.77. The van der Waals surface area contributed by atoms with E-state index in [9.17, 15) is 0 Å². The molecule has 0 N–H and O–H groups in total. The van der Waals surface area contributed by atoms with Crippen LogP contribution in [0.2, 0.25) is 0 Å². The number of methoxy groups -OCH3 is 2. The van der Waals surface area contributed by atoms with Crippen molar-refractivity contribution in [1.29, 1.82) is 0 Å². The van der Waals surface area contributed by atoms with Gasteiger partial charge < -0.3 is 14.2 Å². The normalized spacial score (nSPS) is 36.4. The molecule has 3 heteroatoms. The first kappa shape index (κ1) is 11.6. The maximum absolute atomic E-state index is 6.21. The van der Waals surface area contributed by atoms with E-state index in [1.807, 2.05) is 12.1 Å². The van der Waals surface area contributed by atoms with E-state index in [1.54, 1.807) is 14.2 Å². The highest BCUT2D eigenvalue weighted by molar-refractivity contribution is 5.62. The smallest absolute Gasteiger partial charge is 0.123 e. The molecule has 0 aromatic heterocycles. The molecule has 2 unspecified atom stereocenters. The molecule has 1 aromatic rings. The number of epoxide rings is 1. The third-order valence-electron chi connectivity index (χ3n) is 5.45. The van der Waals surface area contributed by atoms with E-state index < -0.39 is 0 Å². The standard InChI is InChI=1S/C16H20O3/c1-15(2)16(19-15)9-5-6-10(16)14-12(18-4)8-7-11(17-3)13(9)14/h7-10H,5-6H2,1-4H3. The predicted molar refractivity (Wildman–Crippen MR) is 72.2 cm³/mol. The van der Waals surface area contributed by atoms with Crippen molar-refractivity contribution in [3.63, 3.8) is 0 Å². The zero-order valence-corrected chi connectivity index (χ0v) is 11.9. The molecule has 4 rings (SSSR count). The van der Waals surface area contributed by atoms with Crippen LogP contribution in [0.1, 0.15) is 49.7 Å². The lowest BCUT2D eigenvalue weighted by atomic mass is 9.84. The summed E-state index contributed by atoms with van der Waals surface area (Å²) in [5.74, 6) is 2.92. The van der Waals surface area contributed by atoms with Gasteiger partial charge >= 0.3 is 0 Å². The van der Waals surface area contributed by atoms with Gasteiger partial charge in [0.25, 0.3) is 0 Å². The lowest BCUT2D eigenvalue weighted by Gasteiger charge is -2.19. The van der Waals surface area contributed by atoms with Gasteiger partial charge in [0, 0.05) is 23.0 Å². The van der Waals surface area contributed by atoms with E-state index in [2.05, 4.69) is 13.8 Å². The number of ether oxygens (including phenoxy) is 3. The Bertz CT molecular complexity index is 522. The Balaban J connectivity index is 1.95. The van der Waals surface area contributed by atoms with E-state index in [0.717, 1.165) is 11.5 Å². The van der Waals surface area contributed by atoms with Crippen molar-refractivity contribution in [1.82, 2.24) is 0 Å². The highest BCUT2D eigenvalue weighted by atomic mass is 16.6. The molecular weight excluding hydrogens is 240 g/mol. The number of fused-ring (bicyclic) bond motifs is 3. The SMILES string of the molecule is COc1ccc(OC)c2c1C1CCC2C12OC2(C)C. The second kappa shape index (κ2) is 3.26. The Morgan fingerprint density at radius 3 is 1.74 bits per heavy atom. The van der Waals surface area contributed by atoms with E-state index in [0.29, 0.717) is 11.8 Å². The van der Waals surface area contributed by atoms with Crippen LogP contribution in [0.25, 0.3) is 0 Å². The molecule has 19 heavy (non-hydrogen) atoms. The molecule has 1 spiro atoms. The third kappa shape index (κ3) is 1.10. The van der Waals surface area contributed by atoms with E-state index >= 15 is 0 Å². The summed E-state index contributed by atoms with van der Waals surface area (Å²) >= 11 is 0. The van der Waals surface area contributed by atoms with Crippen molar-refractivity contribution < 1.29 is 14.2 Å². The molecule has 1 saturated heterocycles. The predicted octanol–water partition coefficient (Wildman–Crippen LogP) is 3.23. The maximum atomic E-state index is 6.21. The number of benzene rings is 1. The van der Waals surface area contributed by atoms with E-state index in [1.165, 1.54) is 24.0 Å². The first-order valence-electron chi connectivity index (χ1n) is 7.01. The van der Waals surface area contributed by atoms with E-state index in [-0.39, 0.29) is 11.2 Å². The summed E-state index contributed by atoms with van der Waals surface area (Å²) in [6.45, 7) is 4.42. The molecule has 1 heterocycles. The van der Waals surface area contributed by atoms with Gasteiger partial charge in [0.1, 0.15) is 17.1 Å². The fourth-order valence-corrected chi connectivity index (χ4v) is 4.77. The Morgan fingerprint density at radius 1 is 1.00 bits per heavy atom. The largest absolute Gasteiger partial charge is 0.496 e. The summed E-state index contributed by atoms with van der Waals surface area (Å²) in [4.78, 5) is 0. The summed E-state index contributed by atoms with van der Waals surface area (Å²) in [6.07, 6.45) is 2.40. The van der Waals surface area contributed by atoms with Gasteiger partial charge in [-0.2, -0.15) is 0 Å². The molecular formula is C16H20O3. The van der Waals surface area contributed by atoms with Crippen molar-refractivity contribution in [3.8, 4) is 11.5 Å². The van der Waals surface area contributed by atoms with Crippen LogP contribution in [0.5, 0.6) is 11.5 Å². The monoisotopic (exact) mass is 260 g/mol. The first-order chi connectivity index (χ1) is 9.06. The summed E-state index contributed by atoms with van der Waals surface area (Å²) in [5.41, 5.74) is 2.65. The van der Waals surface area contributed by atoms with Crippen molar-refractivity contribution in [2.24, 2.45) is 0 Å². The van der Waals surface area contributed by atoms with Gasteiger partial charge in [0.15, 0.2) is 0 Å². The lowest BCUT2D eigenvalue weighted by Crippen LogP contribution is -2.24. The highest BCUT2D eigenvalue weighted by Crippen LogP contribution is 2.76. The topological polar surface area (TPSA) is 31.0 Å². The van der Waals surface area contributed by atoms with Crippen LogP contribution < -0.4 is 9.47 Å². The zero-order valence-electron chi connectivity index (χ0n) is 11.9. The van der Waals surface area contributed by atoms with Crippen LogP contribution in [-0.2, 0) is 4.74 Å². The minimum atomic E-state index is -0.0200. The van der Waals surface area contributed by atoms with Crippen molar-refractivity contribution in [2.45, 2.75) is 49.7 Å². The van der Waals surface area contributed by atoms with Crippen molar-refractivity contribution in [3.05, 3.63) is 23.3 Å². The molecule has 3 nitrogen and oxygen atoms in total. The summed E-state index contributed by atoms with van der Waals surface area (Å²) < 4.78 is 17.4. The number of hydrogen-bond donors (Lipinski definition) is 0. The molecule has 1 aromatic carbocycles. The lowest BCUT2D eigenvalue weighted by molar-refractivity contribution is 0.258. The van der Waals surface area contributed by atoms with Crippen LogP contribution in [0.3, 0.4) is 0 Å². The van der Waals surface area contributed by atoms with Gasteiger partial charge in [-0.05, 0) is 38.8 Å². The van der Waals surface area contributed by atoms with Crippen LogP contribution in [0.4, 0.5) is 0 Å². The average Bonchev–Trinajstić information content (AvgIpc) is 2.70. The molecule has 2 aliphatic carbocycles. The van der Waals surface area contributed by atoms with Crippen LogP contribution in [-0.4, -0.2) is 25.4 Å². The van der Waals surface area contributed by atoms with Gasteiger partial charge in [-0.25, -0.2) is 0 Å². The first-order valence-corrected chi connectivity index (χ1v) is 7.01. The Labute approximate surface area is 113 Å². The number of rotatable bonds is 2. The molecule has 0 radical (unpaired) electrons. The van der Waals surface area contributed by atoms with Gasteiger partial charge in [-0.1, -0.05) is 0 Å². The summed E-state index contributed by atoms with van der Waals surface area (Å²) in [7, 11) is 3.50. The second-order valence-corrected chi connectivity index (χ2v) is 6.39. The van der Waals surface area contributed by atoms with E-state index in [4.69, 9.17) is 14.2 Å². The minimum Gasteiger partial charge on any atom is -0.496 e. The molecule has 2 atom stereocenters. The minimum absolute atomic E-state index is 0.00273. The third-order valence-corrected chi connectivity index (χ3v) is 5.45. The fraction of sp³-hybridized carbons (Fsp3) is 0.625. The molecule has 2 bridgehead atoms. The molecule has 0 amide bonds. The van der Waals surface area contributed by atoms with Gasteiger partial charge in [-0.15, -0.1) is 0 Å². The van der Waals surface area contributed by atoms with Crippen LogP contribution in [0.15, 0.2) is 12.1 Å². The Kier molecular flexibility index (Phi) is 1.99. The molecule has 1 aliphatic heterocycles. The van der Waals surface area contributed by atoms with Crippen LogP contribution in [0, 0.1) is 0 Å². The second-order valence-electron chi connectivity index (χ2n) is 6.39. The fourth-order valence-electron chi connectivity index (χ4n) is 4.77. The molecule has 102 valence electrons. The summed E-state index contributed by atoms with van der Waals surface area (Å²) in [6, 6.07) is 4.06. The van der Waals surface area contributed by atoms with Crippen molar-refractivity contribution >= 4 is 0 Å².